The van der Waals surface area contributed by atoms with Crippen molar-refractivity contribution < 1.29 is 32.4 Å². The van der Waals surface area contributed by atoms with Gasteiger partial charge in [-0.1, -0.05) is 18.2 Å². The Bertz CT molecular complexity index is 1110. The molecule has 2 heterocycles. The molecule has 1 radical (unpaired) electrons. The molecule has 1 aliphatic rings. The molecular formula is C19H20N2NaO7S. The third kappa shape index (κ3) is 5.39. The Labute approximate surface area is 195 Å². The van der Waals surface area contributed by atoms with Gasteiger partial charge in [0.05, 0.1) is 11.3 Å². The molecule has 11 heteroatoms. The second kappa shape index (κ2) is 9.46. The Morgan fingerprint density at radius 1 is 1.30 bits per heavy atom. The zero-order chi connectivity index (χ0) is 21.3. The molecule has 1 aromatic carbocycles. The smallest absolute Gasteiger partial charge is 0.421 e. The van der Waals surface area contributed by atoms with E-state index in [0.717, 1.165) is 21.9 Å². The van der Waals surface area contributed by atoms with Gasteiger partial charge in [0, 0.05) is 46.5 Å². The summed E-state index contributed by atoms with van der Waals surface area (Å²) in [6, 6.07) is 8.60. The topological polar surface area (TPSA) is 137 Å². The largest absolute Gasteiger partial charge is 0.446 e. The Morgan fingerprint density at radius 2 is 1.97 bits per heavy atom. The van der Waals surface area contributed by atoms with E-state index in [0.29, 0.717) is 16.8 Å². The van der Waals surface area contributed by atoms with E-state index < -0.39 is 40.6 Å². The molecule has 1 atom stereocenters. The molecule has 0 saturated carbocycles. The number of aromatic nitrogens is 1. The minimum Gasteiger partial charge on any atom is -0.446 e. The maximum atomic E-state index is 12.9. The number of imide groups is 1. The minimum absolute atomic E-state index is 0. The first-order chi connectivity index (χ1) is 13.6. The number of amides is 2. The number of nitrogens with one attached hydrogen (secondary N) is 1. The number of anilines is 1. The van der Waals surface area contributed by atoms with Gasteiger partial charge >= 0.3 is 6.09 Å². The van der Waals surface area contributed by atoms with E-state index in [-0.39, 0.29) is 29.6 Å². The number of aromatic amines is 1. The van der Waals surface area contributed by atoms with E-state index in [1.807, 2.05) is 19.9 Å². The summed E-state index contributed by atoms with van der Waals surface area (Å²) >= 11 is 0. The summed E-state index contributed by atoms with van der Waals surface area (Å²) < 4.78 is 35.2. The molecule has 0 fully saturated rings. The van der Waals surface area contributed by atoms with Crippen molar-refractivity contribution in [2.24, 2.45) is 0 Å². The maximum Gasteiger partial charge on any atom is 0.421 e. The number of benzene rings is 1. The molecule has 3 rings (SSSR count). The number of ether oxygens (including phenoxy) is 1. The Morgan fingerprint density at radius 3 is 2.57 bits per heavy atom. The summed E-state index contributed by atoms with van der Waals surface area (Å²) in [6.45, 7) is 3.09. The fraction of sp³-hybridized carbons (Fsp3) is 0.263. The number of fused-ring (bicyclic) bond motifs is 1. The molecule has 155 valence electrons. The number of para-hydroxylation sites is 1. The number of nitrogens with zero attached hydrogens (tertiary/aromatic N) is 1. The zero-order valence-electron chi connectivity index (χ0n) is 16.7. The van der Waals surface area contributed by atoms with Gasteiger partial charge in [0.25, 0.3) is 16.0 Å². The molecule has 3 N–H and O–H groups in total. The number of H-pyrrole nitrogens is 1. The van der Waals surface area contributed by atoms with Crippen molar-refractivity contribution in [1.82, 2.24) is 4.98 Å². The number of aryl methyl sites for hydroxylation is 2. The first-order valence-electron chi connectivity index (χ1n) is 8.68. The number of hydrogen-bond acceptors (Lipinski definition) is 6. The molecule has 0 aliphatic carbocycles. The Hall–Kier alpha value is -1.95. The SMILES string of the molecule is Cc1cc(C)c(/C=C2\C(=O)N(C(=O)OCC(O)CS(=O)(=O)O)c3ccccc32)[nH]1.[Na]. The van der Waals surface area contributed by atoms with Crippen LogP contribution in [0.1, 0.15) is 22.5 Å². The van der Waals surface area contributed by atoms with Crippen LogP contribution >= 0.6 is 0 Å². The predicted molar refractivity (Wildman–Crippen MR) is 112 cm³/mol. The van der Waals surface area contributed by atoms with Crippen LogP contribution < -0.4 is 4.90 Å². The first kappa shape index (κ1) is 24.3. The molecule has 2 aromatic rings. The zero-order valence-corrected chi connectivity index (χ0v) is 19.6. The molecule has 1 aromatic heterocycles. The second-order valence-corrected chi connectivity index (χ2v) is 8.24. The van der Waals surface area contributed by atoms with E-state index in [2.05, 4.69) is 4.98 Å². The predicted octanol–water partition coefficient (Wildman–Crippen LogP) is 1.52. The average Bonchev–Trinajstić information content (AvgIpc) is 3.08. The van der Waals surface area contributed by atoms with E-state index in [9.17, 15) is 23.1 Å². The Kier molecular flexibility index (Phi) is 7.67. The van der Waals surface area contributed by atoms with Crippen LogP contribution in [0.5, 0.6) is 0 Å². The number of aliphatic hydroxyl groups is 1. The molecule has 0 saturated heterocycles. The van der Waals surface area contributed by atoms with Gasteiger partial charge in [0.2, 0.25) is 0 Å². The van der Waals surface area contributed by atoms with Gasteiger partial charge < -0.3 is 14.8 Å². The van der Waals surface area contributed by atoms with Gasteiger partial charge in [0.1, 0.15) is 18.5 Å². The summed E-state index contributed by atoms with van der Waals surface area (Å²) in [6.07, 6.45) is -1.02. The van der Waals surface area contributed by atoms with Crippen LogP contribution in [0.2, 0.25) is 0 Å². The molecule has 1 aliphatic heterocycles. The van der Waals surface area contributed by atoms with Crippen LogP contribution in [0.4, 0.5) is 10.5 Å². The Balaban J connectivity index is 0.00000320. The number of rotatable bonds is 5. The van der Waals surface area contributed by atoms with Gasteiger partial charge in [-0.3, -0.25) is 9.35 Å². The van der Waals surface area contributed by atoms with Gasteiger partial charge in [-0.05, 0) is 37.6 Å². The summed E-state index contributed by atoms with van der Waals surface area (Å²) in [4.78, 5) is 29.4. The van der Waals surface area contributed by atoms with Crippen molar-refractivity contribution in [3.63, 3.8) is 0 Å². The molecule has 2 amide bonds. The number of aliphatic hydroxyl groups excluding tert-OH is 1. The molecule has 30 heavy (non-hydrogen) atoms. The van der Waals surface area contributed by atoms with Crippen molar-refractivity contribution in [2.75, 3.05) is 17.3 Å². The normalized spacial score (nSPS) is 15.7. The number of hydrogen-bond donors (Lipinski definition) is 3. The van der Waals surface area contributed by atoms with Crippen LogP contribution in [-0.2, 0) is 19.6 Å². The standard InChI is InChI=1S/C19H20N2O7S.Na/c1-11-7-12(2)20-16(11)8-15-14-5-3-4-6-17(14)21(18(15)23)19(24)28-9-13(22)10-29(25,26)27;/h3-8,13,20,22H,9-10H2,1-2H3,(H,25,26,27);/b15-8-;. The van der Waals surface area contributed by atoms with Crippen LogP contribution in [-0.4, -0.2) is 83.1 Å². The van der Waals surface area contributed by atoms with Crippen molar-refractivity contribution >= 4 is 69.0 Å². The summed E-state index contributed by atoms with van der Waals surface area (Å²) in [5, 5.41) is 9.58. The molecule has 1 unspecified atom stereocenters. The van der Waals surface area contributed by atoms with E-state index in [4.69, 9.17) is 9.29 Å². The second-order valence-electron chi connectivity index (χ2n) is 6.74. The summed E-state index contributed by atoms with van der Waals surface area (Å²) in [5.41, 5.74) is 3.76. The summed E-state index contributed by atoms with van der Waals surface area (Å²) in [5.74, 6) is -1.59. The van der Waals surface area contributed by atoms with Gasteiger partial charge in [-0.15, -0.1) is 0 Å². The minimum atomic E-state index is -4.43. The van der Waals surface area contributed by atoms with E-state index in [1.165, 1.54) is 0 Å². The average molecular weight is 443 g/mol. The van der Waals surface area contributed by atoms with Crippen LogP contribution in [0.15, 0.2) is 30.3 Å². The maximum absolute atomic E-state index is 12.9. The molecule has 9 nitrogen and oxygen atoms in total. The van der Waals surface area contributed by atoms with Crippen LogP contribution in [0.3, 0.4) is 0 Å². The first-order valence-corrected chi connectivity index (χ1v) is 10.3. The van der Waals surface area contributed by atoms with E-state index >= 15 is 0 Å². The fourth-order valence-corrected chi connectivity index (χ4v) is 3.71. The number of carbonyl (C=O) groups is 2. The fourth-order valence-electron chi connectivity index (χ4n) is 3.13. The van der Waals surface area contributed by atoms with Crippen molar-refractivity contribution in [1.29, 1.82) is 0 Å². The van der Waals surface area contributed by atoms with Crippen molar-refractivity contribution in [3.05, 3.63) is 52.8 Å². The molecular weight excluding hydrogens is 423 g/mol. The molecule has 0 spiro atoms. The van der Waals surface area contributed by atoms with Gasteiger partial charge in [-0.25, -0.2) is 9.69 Å². The summed E-state index contributed by atoms with van der Waals surface area (Å²) in [7, 11) is -4.43. The van der Waals surface area contributed by atoms with Crippen molar-refractivity contribution in [3.8, 4) is 0 Å². The number of carbonyl (C=O) groups excluding carboxylic acids is 2. The third-order valence-corrected chi connectivity index (χ3v) is 5.14. The van der Waals surface area contributed by atoms with E-state index in [1.54, 1.807) is 30.3 Å². The third-order valence-electron chi connectivity index (χ3n) is 4.33. The van der Waals surface area contributed by atoms with Crippen LogP contribution in [0.25, 0.3) is 11.6 Å². The van der Waals surface area contributed by atoms with Gasteiger partial charge in [-0.2, -0.15) is 8.42 Å². The van der Waals surface area contributed by atoms with Gasteiger partial charge in [0.15, 0.2) is 0 Å². The quantitative estimate of drug-likeness (QED) is 0.362. The van der Waals surface area contributed by atoms with Crippen LogP contribution in [0, 0.1) is 13.8 Å². The molecule has 0 bridgehead atoms. The van der Waals surface area contributed by atoms with Crippen molar-refractivity contribution in [2.45, 2.75) is 20.0 Å². The monoisotopic (exact) mass is 443 g/mol.